The zero-order valence-corrected chi connectivity index (χ0v) is 13.3. The van der Waals surface area contributed by atoms with E-state index in [2.05, 4.69) is 51.6 Å². The lowest BCUT2D eigenvalue weighted by atomic mass is 10.1. The van der Waals surface area contributed by atoms with E-state index in [1.54, 1.807) is 0 Å². The molecular formula is C17H20BrNO. The Kier molecular flexibility index (Phi) is 6.09. The van der Waals surface area contributed by atoms with Gasteiger partial charge in [-0.3, -0.25) is 0 Å². The Balaban J connectivity index is 1.80. The van der Waals surface area contributed by atoms with Crippen molar-refractivity contribution in [3.05, 3.63) is 64.1 Å². The summed E-state index contributed by atoms with van der Waals surface area (Å²) in [4.78, 5) is 0. The van der Waals surface area contributed by atoms with Crippen molar-refractivity contribution in [2.24, 2.45) is 0 Å². The van der Waals surface area contributed by atoms with Crippen LogP contribution in [-0.4, -0.2) is 13.7 Å². The molecule has 0 spiro atoms. The van der Waals surface area contributed by atoms with Crippen LogP contribution in [0.5, 0.6) is 5.75 Å². The molecule has 1 N–H and O–H groups in total. The van der Waals surface area contributed by atoms with E-state index in [4.69, 9.17) is 4.74 Å². The predicted octanol–water partition coefficient (Wildman–Crippen LogP) is 4.18. The van der Waals surface area contributed by atoms with Gasteiger partial charge in [-0.2, -0.15) is 0 Å². The fourth-order valence-electron chi connectivity index (χ4n) is 2.08. The van der Waals surface area contributed by atoms with Crippen molar-refractivity contribution in [1.29, 1.82) is 0 Å². The van der Waals surface area contributed by atoms with Gasteiger partial charge in [-0.1, -0.05) is 46.3 Å². The van der Waals surface area contributed by atoms with Gasteiger partial charge in [-0.05, 0) is 49.2 Å². The van der Waals surface area contributed by atoms with E-state index in [1.165, 1.54) is 11.1 Å². The molecule has 2 aromatic rings. The molecule has 0 bridgehead atoms. The number of halogens is 1. The maximum Gasteiger partial charge on any atom is 0.119 e. The number of aryl methyl sites for hydroxylation is 1. The molecule has 3 heteroatoms. The van der Waals surface area contributed by atoms with Crippen molar-refractivity contribution >= 4 is 15.9 Å². The zero-order valence-electron chi connectivity index (χ0n) is 11.7. The minimum Gasteiger partial charge on any atom is -0.494 e. The van der Waals surface area contributed by atoms with E-state index < -0.39 is 0 Å². The summed E-state index contributed by atoms with van der Waals surface area (Å²) < 4.78 is 6.94. The maximum absolute atomic E-state index is 5.82. The van der Waals surface area contributed by atoms with Crippen molar-refractivity contribution in [3.63, 3.8) is 0 Å². The minimum atomic E-state index is 0.746. The standard InChI is InChI=1S/C17H20BrNO/c1-19-13-15-12-16(9-10-17(15)18)20-11-5-8-14-6-3-2-4-7-14/h2-4,6-7,9-10,12,19H,5,8,11,13H2,1H3. The highest BCUT2D eigenvalue weighted by molar-refractivity contribution is 9.10. The molecule has 0 amide bonds. The minimum absolute atomic E-state index is 0.746. The summed E-state index contributed by atoms with van der Waals surface area (Å²) in [5, 5.41) is 3.16. The molecule has 0 saturated heterocycles. The lowest BCUT2D eigenvalue weighted by Gasteiger charge is -2.09. The Labute approximate surface area is 129 Å². The first-order valence-electron chi connectivity index (χ1n) is 6.89. The molecule has 0 heterocycles. The molecule has 2 rings (SSSR count). The normalized spacial score (nSPS) is 10.5. The van der Waals surface area contributed by atoms with Crippen molar-refractivity contribution in [2.75, 3.05) is 13.7 Å². The summed E-state index contributed by atoms with van der Waals surface area (Å²) in [6.45, 7) is 1.58. The highest BCUT2D eigenvalue weighted by Crippen LogP contribution is 2.22. The van der Waals surface area contributed by atoms with Gasteiger partial charge in [0.2, 0.25) is 0 Å². The van der Waals surface area contributed by atoms with Crippen LogP contribution in [0.3, 0.4) is 0 Å². The molecule has 0 aromatic heterocycles. The fourth-order valence-corrected chi connectivity index (χ4v) is 2.46. The Bertz CT molecular complexity index is 528. The van der Waals surface area contributed by atoms with Gasteiger partial charge in [0.15, 0.2) is 0 Å². The molecule has 0 aliphatic carbocycles. The van der Waals surface area contributed by atoms with Crippen molar-refractivity contribution in [1.82, 2.24) is 5.32 Å². The number of hydrogen-bond donors (Lipinski definition) is 1. The Morgan fingerprint density at radius 1 is 1.10 bits per heavy atom. The van der Waals surface area contributed by atoms with Crippen LogP contribution in [0.15, 0.2) is 53.0 Å². The van der Waals surface area contributed by atoms with Gasteiger partial charge in [0.25, 0.3) is 0 Å². The summed E-state index contributed by atoms with van der Waals surface area (Å²) in [6, 6.07) is 16.7. The number of ether oxygens (including phenoxy) is 1. The maximum atomic E-state index is 5.82. The molecule has 20 heavy (non-hydrogen) atoms. The molecule has 0 saturated carbocycles. The molecule has 2 nitrogen and oxygen atoms in total. The fraction of sp³-hybridized carbons (Fsp3) is 0.294. The summed E-state index contributed by atoms with van der Waals surface area (Å²) in [5.74, 6) is 0.937. The molecule has 0 aliphatic rings. The molecule has 0 aliphatic heterocycles. The molecular weight excluding hydrogens is 314 g/mol. The topological polar surface area (TPSA) is 21.3 Å². The van der Waals surface area contributed by atoms with Crippen LogP contribution in [0.4, 0.5) is 0 Å². The number of rotatable bonds is 7. The second kappa shape index (κ2) is 8.08. The quantitative estimate of drug-likeness (QED) is 0.767. The zero-order chi connectivity index (χ0) is 14.2. The van der Waals surface area contributed by atoms with Crippen molar-refractivity contribution in [3.8, 4) is 5.75 Å². The average molecular weight is 334 g/mol. The van der Waals surface area contributed by atoms with Crippen LogP contribution in [0.25, 0.3) is 0 Å². The Hall–Kier alpha value is -1.32. The van der Waals surface area contributed by atoms with E-state index in [9.17, 15) is 0 Å². The van der Waals surface area contributed by atoms with Crippen LogP contribution in [-0.2, 0) is 13.0 Å². The molecule has 106 valence electrons. The van der Waals surface area contributed by atoms with Crippen LogP contribution >= 0.6 is 15.9 Å². The molecule has 0 atom stereocenters. The smallest absolute Gasteiger partial charge is 0.119 e. The summed E-state index contributed by atoms with van der Waals surface area (Å²) in [6.07, 6.45) is 2.09. The van der Waals surface area contributed by atoms with E-state index in [-0.39, 0.29) is 0 Å². The van der Waals surface area contributed by atoms with E-state index in [0.29, 0.717) is 0 Å². The molecule has 0 radical (unpaired) electrons. The van der Waals surface area contributed by atoms with Crippen molar-refractivity contribution < 1.29 is 4.74 Å². The molecule has 2 aromatic carbocycles. The van der Waals surface area contributed by atoms with Crippen LogP contribution in [0.2, 0.25) is 0 Å². The van der Waals surface area contributed by atoms with Gasteiger partial charge in [0.05, 0.1) is 6.61 Å². The summed E-state index contributed by atoms with van der Waals surface area (Å²) in [7, 11) is 1.94. The first kappa shape index (κ1) is 15.1. The highest BCUT2D eigenvalue weighted by atomic mass is 79.9. The number of benzene rings is 2. The third kappa shape index (κ3) is 4.66. The second-order valence-electron chi connectivity index (χ2n) is 4.72. The van der Waals surface area contributed by atoms with Crippen LogP contribution in [0.1, 0.15) is 17.5 Å². The third-order valence-corrected chi connectivity index (χ3v) is 3.88. The average Bonchev–Trinajstić information content (AvgIpc) is 2.48. The van der Waals surface area contributed by atoms with Crippen LogP contribution < -0.4 is 10.1 Å². The Morgan fingerprint density at radius 3 is 2.65 bits per heavy atom. The van der Waals surface area contributed by atoms with Crippen molar-refractivity contribution in [2.45, 2.75) is 19.4 Å². The largest absolute Gasteiger partial charge is 0.494 e. The lowest BCUT2D eigenvalue weighted by Crippen LogP contribution is -2.06. The van der Waals surface area contributed by atoms with E-state index in [0.717, 1.165) is 36.2 Å². The first-order chi connectivity index (χ1) is 9.79. The van der Waals surface area contributed by atoms with Gasteiger partial charge >= 0.3 is 0 Å². The molecule has 0 unspecified atom stereocenters. The van der Waals surface area contributed by atoms with E-state index in [1.807, 2.05) is 25.2 Å². The predicted molar refractivity (Wildman–Crippen MR) is 87.2 cm³/mol. The summed E-state index contributed by atoms with van der Waals surface area (Å²) >= 11 is 3.55. The highest BCUT2D eigenvalue weighted by Gasteiger charge is 2.02. The van der Waals surface area contributed by atoms with Gasteiger partial charge in [0, 0.05) is 11.0 Å². The molecule has 0 fully saturated rings. The Morgan fingerprint density at radius 2 is 1.90 bits per heavy atom. The number of nitrogens with one attached hydrogen (secondary N) is 1. The third-order valence-electron chi connectivity index (χ3n) is 3.11. The first-order valence-corrected chi connectivity index (χ1v) is 7.68. The van der Waals surface area contributed by atoms with Gasteiger partial charge in [-0.15, -0.1) is 0 Å². The van der Waals surface area contributed by atoms with Gasteiger partial charge in [-0.25, -0.2) is 0 Å². The monoisotopic (exact) mass is 333 g/mol. The van der Waals surface area contributed by atoms with Gasteiger partial charge < -0.3 is 10.1 Å². The van der Waals surface area contributed by atoms with E-state index >= 15 is 0 Å². The van der Waals surface area contributed by atoms with Gasteiger partial charge in [0.1, 0.15) is 5.75 Å². The number of hydrogen-bond acceptors (Lipinski definition) is 2. The SMILES string of the molecule is CNCc1cc(OCCCc2ccccc2)ccc1Br. The lowest BCUT2D eigenvalue weighted by molar-refractivity contribution is 0.310. The van der Waals surface area contributed by atoms with Crippen LogP contribution in [0, 0.1) is 0 Å². The summed E-state index contributed by atoms with van der Waals surface area (Å²) in [5.41, 5.74) is 2.58. The second-order valence-corrected chi connectivity index (χ2v) is 5.58.